The summed E-state index contributed by atoms with van der Waals surface area (Å²) >= 11 is 1.48. The van der Waals surface area contributed by atoms with E-state index in [9.17, 15) is 4.79 Å². The van der Waals surface area contributed by atoms with Crippen LogP contribution in [0.15, 0.2) is 35.7 Å². The molecule has 0 saturated carbocycles. The first-order valence-electron chi connectivity index (χ1n) is 6.91. The molecule has 0 saturated heterocycles. The summed E-state index contributed by atoms with van der Waals surface area (Å²) in [5.74, 6) is 0.957. The van der Waals surface area contributed by atoms with Crippen LogP contribution in [0.5, 0.6) is 5.75 Å². The van der Waals surface area contributed by atoms with Gasteiger partial charge in [-0.25, -0.2) is 0 Å². The number of nitrogens with zero attached hydrogens (tertiary/aromatic N) is 2. The second kappa shape index (κ2) is 5.77. The van der Waals surface area contributed by atoms with Crippen molar-refractivity contribution in [2.75, 3.05) is 32.1 Å². The number of thiophene rings is 1. The lowest BCUT2D eigenvalue weighted by atomic mass is 10.1. The van der Waals surface area contributed by atoms with Crippen molar-refractivity contribution in [2.45, 2.75) is 6.54 Å². The molecule has 0 radical (unpaired) electrons. The molecule has 1 aliphatic rings. The van der Waals surface area contributed by atoms with Crippen LogP contribution in [0.25, 0.3) is 0 Å². The molecule has 0 fully saturated rings. The lowest BCUT2D eigenvalue weighted by molar-refractivity contribution is 0.0738. The highest BCUT2D eigenvalue weighted by Crippen LogP contribution is 2.28. The second-order valence-corrected chi connectivity index (χ2v) is 6.19. The van der Waals surface area contributed by atoms with Gasteiger partial charge in [0.1, 0.15) is 12.4 Å². The van der Waals surface area contributed by atoms with E-state index >= 15 is 0 Å². The van der Waals surface area contributed by atoms with E-state index in [4.69, 9.17) is 4.74 Å². The van der Waals surface area contributed by atoms with Crippen molar-refractivity contribution in [2.24, 2.45) is 0 Å². The zero-order valence-corrected chi connectivity index (χ0v) is 13.0. The molecular weight excluding hydrogens is 284 g/mol. The highest BCUT2D eigenvalue weighted by molar-refractivity contribution is 7.12. The molecule has 5 heteroatoms. The van der Waals surface area contributed by atoms with Gasteiger partial charge < -0.3 is 14.5 Å². The summed E-state index contributed by atoms with van der Waals surface area (Å²) in [5.41, 5.74) is 2.17. The number of benzene rings is 1. The Hall–Kier alpha value is -2.01. The van der Waals surface area contributed by atoms with Gasteiger partial charge in [0.25, 0.3) is 5.91 Å². The highest BCUT2D eigenvalue weighted by atomic mass is 32.1. The van der Waals surface area contributed by atoms with Crippen LogP contribution in [0.2, 0.25) is 0 Å². The zero-order valence-electron chi connectivity index (χ0n) is 12.2. The lowest BCUT2D eigenvalue weighted by Crippen LogP contribution is -2.31. The van der Waals surface area contributed by atoms with Gasteiger partial charge in [-0.2, -0.15) is 0 Å². The zero-order chi connectivity index (χ0) is 14.8. The maximum atomic E-state index is 12.5. The van der Waals surface area contributed by atoms with E-state index in [0.717, 1.165) is 21.9 Å². The number of hydrogen-bond donors (Lipinski definition) is 0. The maximum absolute atomic E-state index is 12.5. The molecule has 1 aromatic carbocycles. The van der Waals surface area contributed by atoms with E-state index < -0.39 is 0 Å². The van der Waals surface area contributed by atoms with Gasteiger partial charge in [-0.05, 0) is 29.6 Å². The third kappa shape index (κ3) is 2.88. The largest absolute Gasteiger partial charge is 0.491 e. The Bertz CT molecular complexity index is 638. The predicted octanol–water partition coefficient (Wildman–Crippen LogP) is 2.85. The SMILES string of the molecule is CN(C)c1ccc2c(c1)CN(C(=O)c1cccs1)CCO2. The summed E-state index contributed by atoms with van der Waals surface area (Å²) in [5, 5.41) is 1.93. The molecule has 0 spiro atoms. The van der Waals surface area contributed by atoms with E-state index in [2.05, 4.69) is 11.0 Å². The summed E-state index contributed by atoms with van der Waals surface area (Å²) in [6.07, 6.45) is 0. The van der Waals surface area contributed by atoms with Crippen LogP contribution in [-0.4, -0.2) is 38.1 Å². The first-order chi connectivity index (χ1) is 10.1. The van der Waals surface area contributed by atoms with Crippen LogP contribution < -0.4 is 9.64 Å². The lowest BCUT2D eigenvalue weighted by Gasteiger charge is -2.20. The molecule has 0 aliphatic carbocycles. The summed E-state index contributed by atoms with van der Waals surface area (Å²) in [4.78, 5) is 17.2. The molecule has 110 valence electrons. The predicted molar refractivity (Wildman–Crippen MR) is 85.3 cm³/mol. The van der Waals surface area contributed by atoms with Crippen LogP contribution in [0.4, 0.5) is 5.69 Å². The standard InChI is InChI=1S/C16H18N2O2S/c1-17(2)13-5-6-14-12(10-13)11-18(7-8-20-14)16(19)15-4-3-9-21-15/h3-6,9-10H,7-8,11H2,1-2H3. The normalized spacial score (nSPS) is 14.1. The van der Waals surface area contributed by atoms with Crippen LogP contribution in [0.3, 0.4) is 0 Å². The first-order valence-corrected chi connectivity index (χ1v) is 7.79. The van der Waals surface area contributed by atoms with Crippen molar-refractivity contribution in [3.63, 3.8) is 0 Å². The minimum absolute atomic E-state index is 0.0803. The average molecular weight is 302 g/mol. The van der Waals surface area contributed by atoms with Gasteiger partial charge in [0, 0.05) is 31.9 Å². The fourth-order valence-electron chi connectivity index (χ4n) is 2.39. The van der Waals surface area contributed by atoms with Crippen LogP contribution in [0, 0.1) is 0 Å². The molecule has 2 aromatic rings. The van der Waals surface area contributed by atoms with Crippen molar-refractivity contribution in [3.05, 3.63) is 46.2 Å². The summed E-state index contributed by atoms with van der Waals surface area (Å²) in [7, 11) is 4.02. The number of rotatable bonds is 2. The van der Waals surface area contributed by atoms with Gasteiger partial charge in [-0.3, -0.25) is 4.79 Å². The van der Waals surface area contributed by atoms with Crippen molar-refractivity contribution in [1.29, 1.82) is 0 Å². The van der Waals surface area contributed by atoms with E-state index in [-0.39, 0.29) is 5.91 Å². The van der Waals surface area contributed by atoms with Gasteiger partial charge in [0.2, 0.25) is 0 Å². The smallest absolute Gasteiger partial charge is 0.264 e. The number of carbonyl (C=O) groups excluding carboxylic acids is 1. The molecule has 4 nitrogen and oxygen atoms in total. The molecule has 2 heterocycles. The number of anilines is 1. The third-order valence-corrected chi connectivity index (χ3v) is 4.42. The number of amides is 1. The minimum atomic E-state index is 0.0803. The Kier molecular flexibility index (Phi) is 3.84. The number of ether oxygens (including phenoxy) is 1. The maximum Gasteiger partial charge on any atom is 0.264 e. The van der Waals surface area contributed by atoms with Crippen LogP contribution >= 0.6 is 11.3 Å². The van der Waals surface area contributed by atoms with Gasteiger partial charge in [-0.1, -0.05) is 6.07 Å². The molecule has 1 amide bonds. The molecule has 3 rings (SSSR count). The Balaban J connectivity index is 1.87. The van der Waals surface area contributed by atoms with Gasteiger partial charge in [-0.15, -0.1) is 11.3 Å². The Morgan fingerprint density at radius 1 is 1.33 bits per heavy atom. The molecular formula is C16H18N2O2S. The Morgan fingerprint density at radius 3 is 2.90 bits per heavy atom. The molecule has 0 unspecified atom stereocenters. The van der Waals surface area contributed by atoms with E-state index in [1.807, 2.05) is 48.6 Å². The highest BCUT2D eigenvalue weighted by Gasteiger charge is 2.22. The van der Waals surface area contributed by atoms with Gasteiger partial charge in [0.05, 0.1) is 11.4 Å². The van der Waals surface area contributed by atoms with Crippen LogP contribution in [0.1, 0.15) is 15.2 Å². The van der Waals surface area contributed by atoms with E-state index in [0.29, 0.717) is 19.7 Å². The van der Waals surface area contributed by atoms with Crippen molar-refractivity contribution in [1.82, 2.24) is 4.90 Å². The quantitative estimate of drug-likeness (QED) is 0.855. The van der Waals surface area contributed by atoms with Crippen LogP contribution in [-0.2, 0) is 6.54 Å². The van der Waals surface area contributed by atoms with E-state index in [1.54, 1.807) is 0 Å². The summed E-state index contributed by atoms with van der Waals surface area (Å²) in [6, 6.07) is 9.90. The average Bonchev–Trinajstić information content (AvgIpc) is 2.92. The summed E-state index contributed by atoms with van der Waals surface area (Å²) in [6.45, 7) is 1.74. The molecule has 1 aliphatic heterocycles. The fourth-order valence-corrected chi connectivity index (χ4v) is 3.08. The number of carbonyl (C=O) groups is 1. The fraction of sp³-hybridized carbons (Fsp3) is 0.312. The number of fused-ring (bicyclic) bond motifs is 1. The van der Waals surface area contributed by atoms with Crippen molar-refractivity contribution < 1.29 is 9.53 Å². The first kappa shape index (κ1) is 13.9. The minimum Gasteiger partial charge on any atom is -0.491 e. The van der Waals surface area contributed by atoms with Gasteiger partial charge in [0.15, 0.2) is 0 Å². The Morgan fingerprint density at radius 2 is 2.19 bits per heavy atom. The molecule has 0 N–H and O–H groups in total. The molecule has 0 bridgehead atoms. The number of hydrogen-bond acceptors (Lipinski definition) is 4. The second-order valence-electron chi connectivity index (χ2n) is 5.24. The molecule has 0 atom stereocenters. The monoisotopic (exact) mass is 302 g/mol. The topological polar surface area (TPSA) is 32.8 Å². The van der Waals surface area contributed by atoms with E-state index in [1.165, 1.54) is 11.3 Å². The van der Waals surface area contributed by atoms with Crippen molar-refractivity contribution in [3.8, 4) is 5.75 Å². The van der Waals surface area contributed by atoms with Gasteiger partial charge >= 0.3 is 0 Å². The third-order valence-electron chi connectivity index (χ3n) is 3.56. The van der Waals surface area contributed by atoms with Crippen molar-refractivity contribution >= 4 is 22.9 Å². The summed E-state index contributed by atoms with van der Waals surface area (Å²) < 4.78 is 5.77. The molecule has 1 aromatic heterocycles. The molecule has 21 heavy (non-hydrogen) atoms. The Labute approximate surface area is 128 Å².